The molecule has 0 radical (unpaired) electrons. The van der Waals surface area contributed by atoms with Gasteiger partial charge in [0.1, 0.15) is 11.3 Å². The molecule has 0 aromatic carbocycles. The number of aromatic nitrogens is 3. The van der Waals surface area contributed by atoms with Crippen LogP contribution in [0, 0.1) is 0 Å². The zero-order valence-electron chi connectivity index (χ0n) is 9.71. The minimum absolute atomic E-state index is 0.576. The summed E-state index contributed by atoms with van der Waals surface area (Å²) in [4.78, 5) is 9.03. The van der Waals surface area contributed by atoms with Crippen molar-refractivity contribution < 1.29 is 0 Å². The second-order valence-corrected chi connectivity index (χ2v) is 5.19. The van der Waals surface area contributed by atoms with Crippen LogP contribution in [0.25, 0.3) is 11.2 Å². The van der Waals surface area contributed by atoms with Crippen LogP contribution in [0.2, 0.25) is 0 Å². The fourth-order valence-electron chi connectivity index (χ4n) is 2.01. The van der Waals surface area contributed by atoms with E-state index in [-0.39, 0.29) is 0 Å². The van der Waals surface area contributed by atoms with Crippen LogP contribution in [-0.4, -0.2) is 20.4 Å². The van der Waals surface area contributed by atoms with Crippen LogP contribution < -0.4 is 0 Å². The maximum absolute atomic E-state index is 5.85. The molecule has 0 unspecified atom stereocenters. The lowest BCUT2D eigenvalue weighted by molar-refractivity contribution is 0.749. The highest BCUT2D eigenvalue weighted by molar-refractivity contribution is 7.07. The summed E-state index contributed by atoms with van der Waals surface area (Å²) in [7, 11) is 0. The molecule has 0 aliphatic rings. The Balaban J connectivity index is 2.09. The molecule has 0 atom stereocenters. The molecule has 0 amide bonds. The van der Waals surface area contributed by atoms with Crippen molar-refractivity contribution in [1.29, 1.82) is 0 Å². The van der Waals surface area contributed by atoms with Gasteiger partial charge in [-0.25, -0.2) is 9.97 Å². The van der Waals surface area contributed by atoms with Gasteiger partial charge >= 0.3 is 0 Å². The third-order valence-corrected chi connectivity index (χ3v) is 3.74. The fourth-order valence-corrected chi connectivity index (χ4v) is 2.84. The third-order valence-electron chi connectivity index (χ3n) is 2.82. The summed E-state index contributed by atoms with van der Waals surface area (Å²) in [5, 5.41) is 4.24. The molecule has 3 rings (SSSR count). The molecule has 0 saturated carbocycles. The number of aryl methyl sites for hydroxylation is 1. The second kappa shape index (κ2) is 5.08. The Hall–Kier alpha value is -1.39. The van der Waals surface area contributed by atoms with Crippen LogP contribution in [0.5, 0.6) is 0 Å². The maximum Gasteiger partial charge on any atom is 0.160 e. The molecule has 92 valence electrons. The van der Waals surface area contributed by atoms with E-state index in [1.165, 1.54) is 5.56 Å². The van der Waals surface area contributed by atoms with Crippen molar-refractivity contribution in [2.24, 2.45) is 0 Å². The number of hydrogen-bond donors (Lipinski definition) is 0. The minimum atomic E-state index is 0.576. The van der Waals surface area contributed by atoms with Crippen molar-refractivity contribution in [2.75, 3.05) is 5.88 Å². The van der Waals surface area contributed by atoms with E-state index in [1.807, 2.05) is 12.1 Å². The van der Waals surface area contributed by atoms with Gasteiger partial charge in [0.15, 0.2) is 5.65 Å². The van der Waals surface area contributed by atoms with E-state index in [9.17, 15) is 0 Å². The summed E-state index contributed by atoms with van der Waals surface area (Å²) < 4.78 is 2.15. The van der Waals surface area contributed by atoms with Gasteiger partial charge in [0, 0.05) is 18.5 Å². The first-order valence-corrected chi connectivity index (χ1v) is 7.23. The largest absolute Gasteiger partial charge is 0.308 e. The molecule has 3 aromatic heterocycles. The molecule has 3 heterocycles. The van der Waals surface area contributed by atoms with E-state index in [0.29, 0.717) is 5.88 Å². The van der Waals surface area contributed by atoms with Crippen molar-refractivity contribution in [3.05, 3.63) is 46.5 Å². The molecule has 3 nitrogen and oxygen atoms in total. The van der Waals surface area contributed by atoms with Gasteiger partial charge in [-0.3, -0.25) is 0 Å². The molecule has 0 aliphatic heterocycles. The third kappa shape index (κ3) is 2.13. The van der Waals surface area contributed by atoms with Gasteiger partial charge in [-0.05, 0) is 34.5 Å². The number of imidazole rings is 1. The number of fused-ring (bicyclic) bond motifs is 1. The zero-order valence-corrected chi connectivity index (χ0v) is 11.3. The Morgan fingerprint density at radius 2 is 2.28 bits per heavy atom. The standard InChI is InChI=1S/C13H12ClN3S/c14-5-3-12-16-11-2-1-6-15-13(11)17(12)8-10-4-7-18-9-10/h1-2,4,6-7,9H,3,5,8H2. The quantitative estimate of drug-likeness (QED) is 0.685. The number of hydrogen-bond acceptors (Lipinski definition) is 3. The first-order valence-electron chi connectivity index (χ1n) is 5.75. The molecule has 18 heavy (non-hydrogen) atoms. The summed E-state index contributed by atoms with van der Waals surface area (Å²) in [6.07, 6.45) is 2.57. The molecule has 3 aromatic rings. The number of thiophene rings is 1. The molecule has 5 heteroatoms. The van der Waals surface area contributed by atoms with Crippen LogP contribution in [0.3, 0.4) is 0 Å². The molecule has 0 fully saturated rings. The van der Waals surface area contributed by atoms with Gasteiger partial charge in [-0.1, -0.05) is 0 Å². The van der Waals surface area contributed by atoms with Crippen LogP contribution in [0.4, 0.5) is 0 Å². The lowest BCUT2D eigenvalue weighted by Crippen LogP contribution is -2.06. The highest BCUT2D eigenvalue weighted by atomic mass is 35.5. The van der Waals surface area contributed by atoms with E-state index in [4.69, 9.17) is 11.6 Å². The molecule has 0 N–H and O–H groups in total. The molecular formula is C13H12ClN3S. The molecule has 0 saturated heterocycles. The summed E-state index contributed by atoms with van der Waals surface area (Å²) >= 11 is 7.55. The number of pyridine rings is 1. The average Bonchev–Trinajstić information content (AvgIpc) is 3.00. The zero-order chi connectivity index (χ0) is 12.4. The van der Waals surface area contributed by atoms with E-state index in [0.717, 1.165) is 30.0 Å². The summed E-state index contributed by atoms with van der Waals surface area (Å²) in [6.45, 7) is 0.809. The van der Waals surface area contributed by atoms with E-state index in [2.05, 4.69) is 31.4 Å². The topological polar surface area (TPSA) is 30.7 Å². The van der Waals surface area contributed by atoms with Gasteiger partial charge in [0.25, 0.3) is 0 Å². The van der Waals surface area contributed by atoms with E-state index >= 15 is 0 Å². The van der Waals surface area contributed by atoms with Crippen molar-refractivity contribution in [1.82, 2.24) is 14.5 Å². The Bertz CT molecular complexity index is 645. The number of rotatable bonds is 4. The summed E-state index contributed by atoms with van der Waals surface area (Å²) in [5.41, 5.74) is 3.15. The van der Waals surface area contributed by atoms with Gasteiger partial charge in [-0.15, -0.1) is 11.6 Å². The van der Waals surface area contributed by atoms with E-state index < -0.39 is 0 Å². The molecular weight excluding hydrogens is 266 g/mol. The molecule has 0 aliphatic carbocycles. The molecule has 0 bridgehead atoms. The maximum atomic E-state index is 5.85. The van der Waals surface area contributed by atoms with Crippen LogP contribution in [0.15, 0.2) is 35.2 Å². The summed E-state index contributed by atoms with van der Waals surface area (Å²) in [5.74, 6) is 1.58. The number of halogens is 1. The first-order chi connectivity index (χ1) is 8.88. The first kappa shape index (κ1) is 11.7. The highest BCUT2D eigenvalue weighted by Gasteiger charge is 2.11. The predicted octanol–water partition coefficient (Wildman–Crippen LogP) is 3.32. The van der Waals surface area contributed by atoms with Crippen molar-refractivity contribution in [3.63, 3.8) is 0 Å². The Morgan fingerprint density at radius 3 is 3.06 bits per heavy atom. The minimum Gasteiger partial charge on any atom is -0.308 e. The lowest BCUT2D eigenvalue weighted by Gasteiger charge is -2.06. The van der Waals surface area contributed by atoms with Gasteiger partial charge in [0.05, 0.1) is 6.54 Å². The Kier molecular flexibility index (Phi) is 3.30. The lowest BCUT2D eigenvalue weighted by atomic mass is 10.3. The van der Waals surface area contributed by atoms with E-state index in [1.54, 1.807) is 17.5 Å². The predicted molar refractivity (Wildman–Crippen MR) is 75.4 cm³/mol. The van der Waals surface area contributed by atoms with Crippen molar-refractivity contribution in [3.8, 4) is 0 Å². The van der Waals surface area contributed by atoms with Gasteiger partial charge < -0.3 is 4.57 Å². The Labute approximate surface area is 114 Å². The van der Waals surface area contributed by atoms with Gasteiger partial charge in [-0.2, -0.15) is 11.3 Å². The highest BCUT2D eigenvalue weighted by Crippen LogP contribution is 2.17. The molecule has 0 spiro atoms. The van der Waals surface area contributed by atoms with Crippen LogP contribution in [-0.2, 0) is 13.0 Å². The van der Waals surface area contributed by atoms with Gasteiger partial charge in [0.2, 0.25) is 0 Å². The SMILES string of the molecule is ClCCc1nc2cccnc2n1Cc1ccsc1. The smallest absolute Gasteiger partial charge is 0.160 e. The van der Waals surface area contributed by atoms with Crippen LogP contribution in [0.1, 0.15) is 11.4 Å². The van der Waals surface area contributed by atoms with Crippen LogP contribution >= 0.6 is 22.9 Å². The number of alkyl halides is 1. The Morgan fingerprint density at radius 1 is 1.33 bits per heavy atom. The monoisotopic (exact) mass is 277 g/mol. The summed E-state index contributed by atoms with van der Waals surface area (Å²) in [6, 6.07) is 6.03. The van der Waals surface area contributed by atoms with Crippen molar-refractivity contribution >= 4 is 34.1 Å². The fraction of sp³-hybridized carbons (Fsp3) is 0.231. The normalized spacial score (nSPS) is 11.2. The number of nitrogens with zero attached hydrogens (tertiary/aromatic N) is 3. The average molecular weight is 278 g/mol. The second-order valence-electron chi connectivity index (χ2n) is 4.03. The van der Waals surface area contributed by atoms with Crippen molar-refractivity contribution in [2.45, 2.75) is 13.0 Å².